The van der Waals surface area contributed by atoms with Crippen molar-refractivity contribution in [2.45, 2.75) is 25.3 Å². The van der Waals surface area contributed by atoms with Gasteiger partial charge in [-0.2, -0.15) is 13.1 Å². The quantitative estimate of drug-likeness (QED) is 0.456. The van der Waals surface area contributed by atoms with E-state index in [4.69, 9.17) is 10.8 Å². The fourth-order valence-corrected chi connectivity index (χ4v) is 1.54. The van der Waals surface area contributed by atoms with Crippen LogP contribution in [0.25, 0.3) is 0 Å². The second-order valence-electron chi connectivity index (χ2n) is 2.84. The highest BCUT2D eigenvalue weighted by molar-refractivity contribution is 7.87. The summed E-state index contributed by atoms with van der Waals surface area (Å²) >= 11 is 0. The van der Waals surface area contributed by atoms with Crippen molar-refractivity contribution in [3.63, 3.8) is 0 Å². The summed E-state index contributed by atoms with van der Waals surface area (Å²) in [5.41, 5.74) is 5.21. The average molecular weight is 298 g/mol. The van der Waals surface area contributed by atoms with Gasteiger partial charge in [-0.1, -0.05) is 6.42 Å². The Labute approximate surface area is 107 Å². The van der Waals surface area contributed by atoms with E-state index in [9.17, 15) is 13.2 Å². The standard InChI is InChI=1S/C6H15N3O4S.2ClH/c7-4-2-1-3-5(6(10)11)9-14(8,12)13;;/h5,9H,1-4,7H2,(H,10,11)(H2,8,12,13);2*1H/t5-;;/m0../s1. The van der Waals surface area contributed by atoms with Crippen molar-refractivity contribution in [2.24, 2.45) is 10.9 Å². The zero-order valence-corrected chi connectivity index (χ0v) is 10.9. The van der Waals surface area contributed by atoms with Crippen molar-refractivity contribution in [3.8, 4) is 0 Å². The van der Waals surface area contributed by atoms with Crippen molar-refractivity contribution in [2.75, 3.05) is 6.54 Å². The highest BCUT2D eigenvalue weighted by atomic mass is 35.5. The minimum atomic E-state index is -3.97. The molecule has 0 bridgehead atoms. The van der Waals surface area contributed by atoms with Crippen molar-refractivity contribution in [1.29, 1.82) is 0 Å². The summed E-state index contributed by atoms with van der Waals surface area (Å²) in [6.45, 7) is 0.446. The second kappa shape index (κ2) is 10.1. The summed E-state index contributed by atoms with van der Waals surface area (Å²) in [7, 11) is -3.97. The largest absolute Gasteiger partial charge is 0.480 e. The molecule has 0 radical (unpaired) electrons. The lowest BCUT2D eigenvalue weighted by Gasteiger charge is -2.11. The van der Waals surface area contributed by atoms with Crippen LogP contribution in [0.5, 0.6) is 0 Å². The van der Waals surface area contributed by atoms with Crippen molar-refractivity contribution in [1.82, 2.24) is 4.72 Å². The monoisotopic (exact) mass is 297 g/mol. The molecule has 0 fully saturated rings. The number of nitrogens with two attached hydrogens (primary N) is 2. The topological polar surface area (TPSA) is 136 Å². The number of halogens is 2. The van der Waals surface area contributed by atoms with Gasteiger partial charge in [-0.3, -0.25) is 4.79 Å². The summed E-state index contributed by atoms with van der Waals surface area (Å²) in [4.78, 5) is 10.6. The zero-order chi connectivity index (χ0) is 11.2. The fourth-order valence-electron chi connectivity index (χ4n) is 0.924. The predicted molar refractivity (Wildman–Crippen MR) is 65.1 cm³/mol. The zero-order valence-electron chi connectivity index (χ0n) is 8.46. The van der Waals surface area contributed by atoms with E-state index in [2.05, 4.69) is 5.14 Å². The molecule has 10 heteroatoms. The first-order valence-electron chi connectivity index (χ1n) is 4.09. The SMILES string of the molecule is Cl.Cl.NCCCC[C@H](NS(N)(=O)=O)C(=O)O. The van der Waals surface area contributed by atoms with Gasteiger partial charge in [-0.15, -0.1) is 24.8 Å². The van der Waals surface area contributed by atoms with Gasteiger partial charge in [0.2, 0.25) is 0 Å². The van der Waals surface area contributed by atoms with Crippen molar-refractivity contribution < 1.29 is 18.3 Å². The molecule has 0 amide bonds. The number of unbranched alkanes of at least 4 members (excludes halogenated alkanes) is 1. The molecule has 0 spiro atoms. The van der Waals surface area contributed by atoms with Crippen LogP contribution in [0, 0.1) is 0 Å². The third-order valence-electron chi connectivity index (χ3n) is 1.55. The second-order valence-corrected chi connectivity index (χ2v) is 4.16. The van der Waals surface area contributed by atoms with Gasteiger partial charge in [0.15, 0.2) is 0 Å². The molecule has 0 aliphatic heterocycles. The lowest BCUT2D eigenvalue weighted by Crippen LogP contribution is -2.44. The van der Waals surface area contributed by atoms with Crippen molar-refractivity contribution in [3.05, 3.63) is 0 Å². The summed E-state index contributed by atoms with van der Waals surface area (Å²) in [5.74, 6) is -1.24. The number of nitrogens with one attached hydrogen (secondary N) is 1. The van der Waals surface area contributed by atoms with E-state index in [-0.39, 0.29) is 31.2 Å². The summed E-state index contributed by atoms with van der Waals surface area (Å²) in [5, 5.41) is 13.3. The molecular weight excluding hydrogens is 281 g/mol. The Morgan fingerprint density at radius 3 is 2.12 bits per heavy atom. The van der Waals surface area contributed by atoms with Crippen LogP contribution in [-0.2, 0) is 15.0 Å². The molecule has 0 saturated heterocycles. The molecule has 0 aliphatic rings. The minimum absolute atomic E-state index is 0. The van der Waals surface area contributed by atoms with Gasteiger partial charge >= 0.3 is 5.97 Å². The summed E-state index contributed by atoms with van der Waals surface area (Å²) in [6, 6.07) is -1.17. The van der Waals surface area contributed by atoms with Crippen LogP contribution in [0.3, 0.4) is 0 Å². The Balaban J connectivity index is -0.000000845. The van der Waals surface area contributed by atoms with Gasteiger partial charge in [0, 0.05) is 0 Å². The molecule has 16 heavy (non-hydrogen) atoms. The smallest absolute Gasteiger partial charge is 0.321 e. The van der Waals surface area contributed by atoms with Crippen LogP contribution in [0.2, 0.25) is 0 Å². The predicted octanol–water partition coefficient (Wildman–Crippen LogP) is -0.795. The van der Waals surface area contributed by atoms with Crippen LogP contribution in [0.15, 0.2) is 0 Å². The summed E-state index contributed by atoms with van der Waals surface area (Å²) in [6.07, 6.45) is 1.37. The molecule has 0 aromatic heterocycles. The molecular formula is C6H17Cl2N3O4S. The van der Waals surface area contributed by atoms with Gasteiger partial charge in [-0.25, -0.2) is 5.14 Å². The molecule has 0 saturated carbocycles. The van der Waals surface area contributed by atoms with Crippen LogP contribution in [-0.4, -0.2) is 32.1 Å². The Bertz CT molecular complexity index is 285. The van der Waals surface area contributed by atoms with E-state index in [1.54, 1.807) is 0 Å². The Morgan fingerprint density at radius 1 is 1.31 bits per heavy atom. The number of carboxylic acid groups (broad SMARTS) is 1. The van der Waals surface area contributed by atoms with Gasteiger partial charge in [-0.05, 0) is 19.4 Å². The third-order valence-corrected chi connectivity index (χ3v) is 2.16. The number of rotatable bonds is 7. The number of hydrogen-bond donors (Lipinski definition) is 4. The third kappa shape index (κ3) is 12.0. The van der Waals surface area contributed by atoms with Gasteiger partial charge in [0.05, 0.1) is 0 Å². The van der Waals surface area contributed by atoms with Gasteiger partial charge in [0.25, 0.3) is 10.2 Å². The van der Waals surface area contributed by atoms with Gasteiger partial charge < -0.3 is 10.8 Å². The van der Waals surface area contributed by atoms with Gasteiger partial charge in [0.1, 0.15) is 6.04 Å². The maximum atomic E-state index is 10.6. The molecule has 0 unspecified atom stereocenters. The lowest BCUT2D eigenvalue weighted by atomic mass is 10.1. The molecule has 0 aromatic carbocycles. The molecule has 0 aliphatic carbocycles. The van der Waals surface area contributed by atoms with Crippen LogP contribution < -0.4 is 15.6 Å². The maximum Gasteiger partial charge on any atom is 0.321 e. The number of carboxylic acids is 1. The normalized spacial score (nSPS) is 12.1. The molecule has 6 N–H and O–H groups in total. The van der Waals surface area contributed by atoms with Crippen LogP contribution >= 0.6 is 24.8 Å². The highest BCUT2D eigenvalue weighted by Gasteiger charge is 2.20. The highest BCUT2D eigenvalue weighted by Crippen LogP contribution is 2.01. The summed E-state index contributed by atoms with van der Waals surface area (Å²) < 4.78 is 22.9. The first-order valence-corrected chi connectivity index (χ1v) is 5.64. The number of aliphatic carboxylic acids is 1. The fraction of sp³-hybridized carbons (Fsp3) is 0.833. The minimum Gasteiger partial charge on any atom is -0.480 e. The van der Waals surface area contributed by atoms with E-state index >= 15 is 0 Å². The van der Waals surface area contributed by atoms with E-state index in [1.807, 2.05) is 4.72 Å². The van der Waals surface area contributed by atoms with Crippen molar-refractivity contribution >= 4 is 41.0 Å². The first-order chi connectivity index (χ1) is 6.37. The van der Waals surface area contributed by atoms with E-state index in [0.717, 1.165) is 0 Å². The van der Waals surface area contributed by atoms with E-state index < -0.39 is 22.2 Å². The Morgan fingerprint density at radius 2 is 1.81 bits per heavy atom. The first kappa shape index (κ1) is 21.2. The molecule has 100 valence electrons. The molecule has 0 aromatic rings. The van der Waals surface area contributed by atoms with E-state index in [0.29, 0.717) is 19.4 Å². The van der Waals surface area contributed by atoms with Crippen LogP contribution in [0.1, 0.15) is 19.3 Å². The maximum absolute atomic E-state index is 10.6. The van der Waals surface area contributed by atoms with Crippen LogP contribution in [0.4, 0.5) is 0 Å². The number of hydrogen-bond acceptors (Lipinski definition) is 4. The number of carbonyl (C=O) groups is 1. The van der Waals surface area contributed by atoms with E-state index in [1.165, 1.54) is 0 Å². The molecule has 7 nitrogen and oxygen atoms in total. The Hall–Kier alpha value is -0.120. The molecule has 0 heterocycles. The molecule has 1 atom stereocenters. The average Bonchev–Trinajstić information content (AvgIpc) is 2.00. The molecule has 0 rings (SSSR count). The Kier molecular flexibility index (Phi) is 13.3. The lowest BCUT2D eigenvalue weighted by molar-refractivity contribution is -0.139.